The molecular formula is C13H16N2O3. The Hall–Kier alpha value is -2.17. The third-order valence-corrected chi connectivity index (χ3v) is 2.34. The van der Waals surface area contributed by atoms with Crippen LogP contribution in [-0.2, 0) is 20.8 Å². The summed E-state index contributed by atoms with van der Waals surface area (Å²) in [5, 5.41) is 5.01. The molecule has 2 amide bonds. The fourth-order valence-corrected chi connectivity index (χ4v) is 1.57. The van der Waals surface area contributed by atoms with Gasteiger partial charge in [-0.25, -0.2) is 0 Å². The Bertz CT molecular complexity index is 418. The van der Waals surface area contributed by atoms with Crippen LogP contribution in [0.2, 0.25) is 0 Å². The summed E-state index contributed by atoms with van der Waals surface area (Å²) < 4.78 is 0. The molecule has 0 unspecified atom stereocenters. The molecule has 0 aromatic heterocycles. The standard InChI is InChI=1S/C13H16N2O3/c1-10(17)15-12(13(18)14-7-8-16)9-11-5-3-2-4-6-11/h2-6,8,12H,7,9H2,1H3,(H,14,18)(H,15,17)/t12-/m0/s1. The van der Waals surface area contributed by atoms with Crippen LogP contribution >= 0.6 is 0 Å². The minimum Gasteiger partial charge on any atom is -0.348 e. The first-order valence-electron chi connectivity index (χ1n) is 5.66. The number of carbonyl (C=O) groups excluding carboxylic acids is 3. The number of aldehydes is 1. The Morgan fingerprint density at radius 2 is 1.94 bits per heavy atom. The van der Waals surface area contributed by atoms with Gasteiger partial charge < -0.3 is 15.4 Å². The van der Waals surface area contributed by atoms with Crippen LogP contribution in [0, 0.1) is 0 Å². The van der Waals surface area contributed by atoms with Gasteiger partial charge in [0.05, 0.1) is 6.54 Å². The van der Waals surface area contributed by atoms with Gasteiger partial charge in [0.25, 0.3) is 0 Å². The van der Waals surface area contributed by atoms with Gasteiger partial charge in [0, 0.05) is 13.3 Å². The zero-order valence-electron chi connectivity index (χ0n) is 10.2. The zero-order chi connectivity index (χ0) is 13.4. The average molecular weight is 248 g/mol. The molecule has 5 heteroatoms. The lowest BCUT2D eigenvalue weighted by Gasteiger charge is -2.16. The first kappa shape index (κ1) is 13.9. The van der Waals surface area contributed by atoms with Crippen molar-refractivity contribution in [1.29, 1.82) is 0 Å². The maximum Gasteiger partial charge on any atom is 0.243 e. The number of carbonyl (C=O) groups is 3. The van der Waals surface area contributed by atoms with Gasteiger partial charge in [0.2, 0.25) is 11.8 Å². The summed E-state index contributed by atoms with van der Waals surface area (Å²) in [6.45, 7) is 1.30. The number of rotatable bonds is 6. The molecule has 0 bridgehead atoms. The SMILES string of the molecule is CC(=O)N[C@@H](Cc1ccccc1)C(=O)NCC=O. The number of benzene rings is 1. The highest BCUT2D eigenvalue weighted by Crippen LogP contribution is 2.03. The topological polar surface area (TPSA) is 75.3 Å². The Morgan fingerprint density at radius 3 is 2.50 bits per heavy atom. The summed E-state index contributed by atoms with van der Waals surface area (Å²) in [5.74, 6) is -0.640. The van der Waals surface area contributed by atoms with Crippen LogP contribution in [0.3, 0.4) is 0 Å². The van der Waals surface area contributed by atoms with Crippen molar-refractivity contribution >= 4 is 18.1 Å². The molecule has 1 atom stereocenters. The van der Waals surface area contributed by atoms with E-state index in [4.69, 9.17) is 0 Å². The Morgan fingerprint density at radius 1 is 1.28 bits per heavy atom. The Labute approximate surface area is 106 Å². The van der Waals surface area contributed by atoms with E-state index in [2.05, 4.69) is 10.6 Å². The van der Waals surface area contributed by atoms with Crippen molar-refractivity contribution in [3.63, 3.8) is 0 Å². The maximum atomic E-state index is 11.8. The number of amides is 2. The fraction of sp³-hybridized carbons (Fsp3) is 0.308. The molecule has 1 aromatic carbocycles. The van der Waals surface area contributed by atoms with E-state index >= 15 is 0 Å². The molecule has 0 fully saturated rings. The molecule has 0 saturated heterocycles. The molecule has 0 aliphatic heterocycles. The number of hydrogen-bond acceptors (Lipinski definition) is 3. The summed E-state index contributed by atoms with van der Waals surface area (Å²) in [7, 11) is 0. The van der Waals surface area contributed by atoms with E-state index in [1.54, 1.807) is 0 Å². The molecule has 96 valence electrons. The zero-order valence-corrected chi connectivity index (χ0v) is 10.2. The summed E-state index contributed by atoms with van der Waals surface area (Å²) in [5.41, 5.74) is 0.942. The highest BCUT2D eigenvalue weighted by atomic mass is 16.2. The van der Waals surface area contributed by atoms with Gasteiger partial charge in [-0.15, -0.1) is 0 Å². The minimum atomic E-state index is -0.662. The lowest BCUT2D eigenvalue weighted by molar-refractivity contribution is -0.128. The summed E-state index contributed by atoms with van der Waals surface area (Å²) >= 11 is 0. The highest BCUT2D eigenvalue weighted by molar-refractivity contribution is 5.88. The molecule has 2 N–H and O–H groups in total. The fourth-order valence-electron chi connectivity index (χ4n) is 1.57. The van der Waals surface area contributed by atoms with Crippen LogP contribution in [0.15, 0.2) is 30.3 Å². The normalized spacial score (nSPS) is 11.4. The van der Waals surface area contributed by atoms with Crippen molar-refractivity contribution in [3.05, 3.63) is 35.9 Å². The Balaban J connectivity index is 2.68. The van der Waals surface area contributed by atoms with Crippen molar-refractivity contribution in [2.75, 3.05) is 6.54 Å². The van der Waals surface area contributed by atoms with E-state index in [-0.39, 0.29) is 18.4 Å². The van der Waals surface area contributed by atoms with Crippen molar-refractivity contribution in [3.8, 4) is 0 Å². The van der Waals surface area contributed by atoms with E-state index in [0.717, 1.165) is 5.56 Å². The number of nitrogens with one attached hydrogen (secondary N) is 2. The molecule has 1 aromatic rings. The van der Waals surface area contributed by atoms with Crippen molar-refractivity contribution in [1.82, 2.24) is 10.6 Å². The van der Waals surface area contributed by atoms with Crippen molar-refractivity contribution in [2.45, 2.75) is 19.4 Å². The third-order valence-electron chi connectivity index (χ3n) is 2.34. The summed E-state index contributed by atoms with van der Waals surface area (Å²) in [4.78, 5) is 33.0. The van der Waals surface area contributed by atoms with Crippen LogP contribution < -0.4 is 10.6 Å². The monoisotopic (exact) mass is 248 g/mol. The van der Waals surface area contributed by atoms with Crippen molar-refractivity contribution in [2.24, 2.45) is 0 Å². The van der Waals surface area contributed by atoms with Gasteiger partial charge in [0.1, 0.15) is 12.3 Å². The van der Waals surface area contributed by atoms with Crippen LogP contribution in [0.25, 0.3) is 0 Å². The summed E-state index contributed by atoms with van der Waals surface area (Å²) in [6, 6.07) is 8.70. The van der Waals surface area contributed by atoms with Gasteiger partial charge in [-0.05, 0) is 5.56 Å². The smallest absolute Gasteiger partial charge is 0.243 e. The highest BCUT2D eigenvalue weighted by Gasteiger charge is 2.19. The second kappa shape index (κ2) is 7.21. The second-order valence-electron chi connectivity index (χ2n) is 3.85. The molecule has 5 nitrogen and oxygen atoms in total. The van der Waals surface area contributed by atoms with Gasteiger partial charge >= 0.3 is 0 Å². The van der Waals surface area contributed by atoms with Crippen LogP contribution in [0.5, 0.6) is 0 Å². The molecule has 0 aliphatic rings. The van der Waals surface area contributed by atoms with Gasteiger partial charge in [-0.3, -0.25) is 9.59 Å². The van der Waals surface area contributed by atoms with E-state index in [0.29, 0.717) is 12.7 Å². The van der Waals surface area contributed by atoms with Crippen LogP contribution in [0.4, 0.5) is 0 Å². The van der Waals surface area contributed by atoms with E-state index < -0.39 is 6.04 Å². The lowest BCUT2D eigenvalue weighted by atomic mass is 10.1. The molecule has 0 heterocycles. The first-order chi connectivity index (χ1) is 8.63. The molecule has 0 spiro atoms. The lowest BCUT2D eigenvalue weighted by Crippen LogP contribution is -2.47. The van der Waals surface area contributed by atoms with E-state index in [1.165, 1.54) is 6.92 Å². The maximum absolute atomic E-state index is 11.8. The molecule has 0 saturated carbocycles. The molecule has 0 aliphatic carbocycles. The van der Waals surface area contributed by atoms with E-state index in [1.807, 2.05) is 30.3 Å². The van der Waals surface area contributed by atoms with Crippen molar-refractivity contribution < 1.29 is 14.4 Å². The largest absolute Gasteiger partial charge is 0.348 e. The third kappa shape index (κ3) is 4.78. The summed E-state index contributed by atoms with van der Waals surface area (Å²) in [6.07, 6.45) is 0.996. The second-order valence-corrected chi connectivity index (χ2v) is 3.85. The number of hydrogen-bond donors (Lipinski definition) is 2. The van der Waals surface area contributed by atoms with Crippen LogP contribution in [-0.4, -0.2) is 30.7 Å². The van der Waals surface area contributed by atoms with Gasteiger partial charge in [0.15, 0.2) is 0 Å². The Kier molecular flexibility index (Phi) is 5.57. The minimum absolute atomic E-state index is 0.0519. The molecular weight excluding hydrogens is 232 g/mol. The molecule has 0 radical (unpaired) electrons. The first-order valence-corrected chi connectivity index (χ1v) is 5.66. The molecule has 18 heavy (non-hydrogen) atoms. The van der Waals surface area contributed by atoms with E-state index in [9.17, 15) is 14.4 Å². The van der Waals surface area contributed by atoms with Gasteiger partial charge in [-0.1, -0.05) is 30.3 Å². The predicted octanol–water partition coefficient (Wildman–Crippen LogP) is 0.0489. The average Bonchev–Trinajstić information content (AvgIpc) is 2.36. The predicted molar refractivity (Wildman–Crippen MR) is 66.8 cm³/mol. The molecule has 1 rings (SSSR count). The van der Waals surface area contributed by atoms with Gasteiger partial charge in [-0.2, -0.15) is 0 Å². The quantitative estimate of drug-likeness (QED) is 0.698. The van der Waals surface area contributed by atoms with Crippen LogP contribution in [0.1, 0.15) is 12.5 Å².